The number of hydrogen-bond acceptors (Lipinski definition) is 2. The van der Waals surface area contributed by atoms with Gasteiger partial charge in [-0.25, -0.2) is 4.98 Å². The van der Waals surface area contributed by atoms with Crippen LogP contribution < -0.4 is 5.32 Å². The van der Waals surface area contributed by atoms with Crippen LogP contribution in [0.5, 0.6) is 0 Å². The normalized spacial score (nSPS) is 11.6. The maximum atomic E-state index is 12.4. The molecule has 0 aliphatic rings. The molecule has 0 aliphatic heterocycles. The third-order valence-corrected chi connectivity index (χ3v) is 3.11. The van der Waals surface area contributed by atoms with Crippen LogP contribution in [0.3, 0.4) is 0 Å². The largest absolute Gasteiger partial charge is 0.416 e. The fraction of sp³-hybridized carbons (Fsp3) is 0.0667. The van der Waals surface area contributed by atoms with E-state index in [2.05, 4.69) is 26.2 Å². The van der Waals surface area contributed by atoms with E-state index in [1.165, 1.54) is 30.5 Å². The smallest absolute Gasteiger partial charge is 0.307 e. The van der Waals surface area contributed by atoms with Gasteiger partial charge in [0.25, 0.3) is 0 Å². The number of nitrogens with zero attached hydrogens (tertiary/aromatic N) is 1. The van der Waals surface area contributed by atoms with Gasteiger partial charge < -0.3 is 5.32 Å². The molecule has 0 aliphatic carbocycles. The van der Waals surface area contributed by atoms with E-state index in [4.69, 9.17) is 0 Å². The van der Waals surface area contributed by atoms with Crippen molar-refractivity contribution in [1.82, 2.24) is 4.98 Å². The van der Waals surface area contributed by atoms with Gasteiger partial charge in [-0.1, -0.05) is 12.1 Å². The maximum Gasteiger partial charge on any atom is 0.416 e. The van der Waals surface area contributed by atoms with Crippen molar-refractivity contribution < 1.29 is 18.0 Å². The zero-order chi connectivity index (χ0) is 16.2. The minimum atomic E-state index is -4.37. The molecule has 2 aromatic rings. The summed E-state index contributed by atoms with van der Waals surface area (Å²) in [6.45, 7) is 0. The molecule has 0 bridgehead atoms. The van der Waals surface area contributed by atoms with E-state index in [0.717, 1.165) is 16.6 Å². The lowest BCUT2D eigenvalue weighted by Gasteiger charge is -2.05. The Labute approximate surface area is 133 Å². The molecule has 114 valence electrons. The number of nitrogens with one attached hydrogen (secondary N) is 1. The van der Waals surface area contributed by atoms with Crippen molar-refractivity contribution >= 4 is 33.7 Å². The number of hydrogen-bond donors (Lipinski definition) is 1. The van der Waals surface area contributed by atoms with Crippen molar-refractivity contribution in [3.05, 3.63) is 64.3 Å². The second-order valence-electron chi connectivity index (χ2n) is 4.30. The Morgan fingerprint density at radius 1 is 1.14 bits per heavy atom. The molecule has 0 spiro atoms. The summed E-state index contributed by atoms with van der Waals surface area (Å²) in [6.07, 6.45) is -0.178. The first-order chi connectivity index (χ1) is 10.3. The van der Waals surface area contributed by atoms with Crippen LogP contribution in [-0.2, 0) is 11.0 Å². The quantitative estimate of drug-likeness (QED) is 0.807. The summed E-state index contributed by atoms with van der Waals surface area (Å²) in [7, 11) is 0. The van der Waals surface area contributed by atoms with Gasteiger partial charge in [0, 0.05) is 16.7 Å². The van der Waals surface area contributed by atoms with Crippen molar-refractivity contribution in [3.63, 3.8) is 0 Å². The zero-order valence-electron chi connectivity index (χ0n) is 11.1. The monoisotopic (exact) mass is 370 g/mol. The van der Waals surface area contributed by atoms with Crippen LogP contribution in [-0.4, -0.2) is 10.9 Å². The number of amides is 1. The first-order valence-corrected chi connectivity index (χ1v) is 6.92. The number of pyridine rings is 1. The summed E-state index contributed by atoms with van der Waals surface area (Å²) < 4.78 is 38.0. The molecule has 7 heteroatoms. The minimum absolute atomic E-state index is 0.380. The highest BCUT2D eigenvalue weighted by Crippen LogP contribution is 2.29. The number of rotatable bonds is 3. The SMILES string of the molecule is O=C(/C=C/c1ccc(C(F)(F)F)cc1)Nc1ccc(Br)cn1. The van der Waals surface area contributed by atoms with E-state index >= 15 is 0 Å². The molecule has 0 unspecified atom stereocenters. The second-order valence-corrected chi connectivity index (χ2v) is 5.22. The van der Waals surface area contributed by atoms with Crippen LogP contribution in [0.1, 0.15) is 11.1 Å². The molecule has 1 heterocycles. The van der Waals surface area contributed by atoms with E-state index in [9.17, 15) is 18.0 Å². The lowest BCUT2D eigenvalue weighted by molar-refractivity contribution is -0.137. The first kappa shape index (κ1) is 16.2. The molecule has 22 heavy (non-hydrogen) atoms. The molecule has 1 N–H and O–H groups in total. The predicted molar refractivity (Wildman–Crippen MR) is 81.0 cm³/mol. The molecule has 1 aromatic heterocycles. The number of carbonyl (C=O) groups is 1. The van der Waals surface area contributed by atoms with Crippen molar-refractivity contribution in [3.8, 4) is 0 Å². The number of aromatic nitrogens is 1. The summed E-state index contributed by atoms with van der Waals surface area (Å²) in [5, 5.41) is 2.54. The van der Waals surface area contributed by atoms with Crippen molar-refractivity contribution in [1.29, 1.82) is 0 Å². The van der Waals surface area contributed by atoms with E-state index in [1.807, 2.05) is 0 Å². The standard InChI is InChI=1S/C15H10BrF3N2O/c16-12-6-7-13(20-9-12)21-14(22)8-3-10-1-4-11(5-2-10)15(17,18)19/h1-9H,(H,20,21,22)/b8-3+. The Morgan fingerprint density at radius 3 is 2.36 bits per heavy atom. The molecule has 0 radical (unpaired) electrons. The lowest BCUT2D eigenvalue weighted by Crippen LogP contribution is -2.08. The first-order valence-electron chi connectivity index (χ1n) is 6.12. The highest BCUT2D eigenvalue weighted by Gasteiger charge is 2.29. The topological polar surface area (TPSA) is 42.0 Å². The Bertz CT molecular complexity index is 679. The summed E-state index contributed by atoms with van der Waals surface area (Å²) in [5.74, 6) is -0.0417. The van der Waals surface area contributed by atoms with Gasteiger partial charge in [0.05, 0.1) is 5.56 Å². The molecule has 0 saturated carbocycles. The van der Waals surface area contributed by atoms with Gasteiger partial charge in [0.2, 0.25) is 5.91 Å². The van der Waals surface area contributed by atoms with Crippen molar-refractivity contribution in [2.75, 3.05) is 5.32 Å². The van der Waals surface area contributed by atoms with Crippen molar-refractivity contribution in [2.45, 2.75) is 6.18 Å². The number of benzene rings is 1. The fourth-order valence-corrected chi connectivity index (χ4v) is 1.81. The molecular formula is C15H10BrF3N2O. The summed E-state index contributed by atoms with van der Waals surface area (Å²) >= 11 is 3.22. The second kappa shape index (κ2) is 6.74. The predicted octanol–water partition coefficient (Wildman–Crippen LogP) is 4.51. The summed E-state index contributed by atoms with van der Waals surface area (Å²) in [5.41, 5.74) is -0.236. The van der Waals surface area contributed by atoms with Crippen LogP contribution in [0, 0.1) is 0 Å². The van der Waals surface area contributed by atoms with E-state index < -0.39 is 17.6 Å². The Kier molecular flexibility index (Phi) is 4.97. The number of carbonyl (C=O) groups excluding carboxylic acids is 1. The molecule has 2 rings (SSSR count). The molecule has 3 nitrogen and oxygen atoms in total. The van der Waals surface area contributed by atoms with Gasteiger partial charge in [-0.3, -0.25) is 4.79 Å². The molecule has 1 amide bonds. The Morgan fingerprint density at radius 2 is 1.82 bits per heavy atom. The van der Waals surface area contributed by atoms with Gasteiger partial charge in [-0.05, 0) is 51.8 Å². The van der Waals surface area contributed by atoms with Gasteiger partial charge in [-0.2, -0.15) is 13.2 Å². The fourth-order valence-electron chi connectivity index (χ4n) is 1.57. The van der Waals surface area contributed by atoms with E-state index in [1.54, 1.807) is 12.1 Å². The van der Waals surface area contributed by atoms with Crippen LogP contribution in [0.4, 0.5) is 19.0 Å². The van der Waals surface area contributed by atoms with Gasteiger partial charge in [0.15, 0.2) is 0 Å². The minimum Gasteiger partial charge on any atom is -0.307 e. The van der Waals surface area contributed by atoms with Crippen molar-refractivity contribution in [2.24, 2.45) is 0 Å². The third kappa shape index (κ3) is 4.70. The third-order valence-electron chi connectivity index (χ3n) is 2.64. The lowest BCUT2D eigenvalue weighted by atomic mass is 10.1. The van der Waals surface area contributed by atoms with E-state index in [0.29, 0.717) is 11.4 Å². The molecule has 0 fully saturated rings. The molecule has 0 atom stereocenters. The maximum absolute atomic E-state index is 12.4. The average Bonchev–Trinajstić information content (AvgIpc) is 2.47. The number of anilines is 1. The van der Waals surface area contributed by atoms with Crippen LogP contribution in [0.2, 0.25) is 0 Å². The molecule has 0 saturated heterocycles. The summed E-state index contributed by atoms with van der Waals surface area (Å²) in [4.78, 5) is 15.6. The van der Waals surface area contributed by atoms with Crippen LogP contribution >= 0.6 is 15.9 Å². The van der Waals surface area contributed by atoms with Gasteiger partial charge >= 0.3 is 6.18 Å². The Hall–Kier alpha value is -2.15. The average molecular weight is 371 g/mol. The molecule has 1 aromatic carbocycles. The zero-order valence-corrected chi connectivity index (χ0v) is 12.6. The molecular weight excluding hydrogens is 361 g/mol. The number of alkyl halides is 3. The highest BCUT2D eigenvalue weighted by atomic mass is 79.9. The highest BCUT2D eigenvalue weighted by molar-refractivity contribution is 9.10. The van der Waals surface area contributed by atoms with Crippen LogP contribution in [0.15, 0.2) is 53.1 Å². The summed E-state index contributed by atoms with van der Waals surface area (Å²) in [6, 6.07) is 7.87. The Balaban J connectivity index is 1.99. The number of halogens is 4. The van der Waals surface area contributed by atoms with Gasteiger partial charge in [-0.15, -0.1) is 0 Å². The van der Waals surface area contributed by atoms with Gasteiger partial charge in [0.1, 0.15) is 5.82 Å². The van der Waals surface area contributed by atoms with E-state index in [-0.39, 0.29) is 0 Å². The van der Waals surface area contributed by atoms with Crippen LogP contribution in [0.25, 0.3) is 6.08 Å².